The molecule has 0 aliphatic heterocycles. The van der Waals surface area contributed by atoms with Crippen LogP contribution >= 0.6 is 27.5 Å². The van der Waals surface area contributed by atoms with Gasteiger partial charge in [-0.3, -0.25) is 0 Å². The average Bonchev–Trinajstić information content (AvgIpc) is 2.33. The van der Waals surface area contributed by atoms with Crippen molar-refractivity contribution in [2.45, 2.75) is 6.54 Å². The summed E-state index contributed by atoms with van der Waals surface area (Å²) in [5.74, 6) is -0.824. The first kappa shape index (κ1) is 14.0. The van der Waals surface area contributed by atoms with E-state index < -0.39 is 5.82 Å². The van der Waals surface area contributed by atoms with Gasteiger partial charge in [0.2, 0.25) is 0 Å². The third-order valence-corrected chi connectivity index (χ3v) is 3.48. The first-order valence-electron chi connectivity index (χ1n) is 5.37. The highest BCUT2D eigenvalue weighted by molar-refractivity contribution is 9.10. The van der Waals surface area contributed by atoms with Crippen LogP contribution in [0.15, 0.2) is 34.8 Å². The molecule has 0 aliphatic carbocycles. The highest BCUT2D eigenvalue weighted by Crippen LogP contribution is 2.33. The van der Waals surface area contributed by atoms with Gasteiger partial charge in [-0.05, 0) is 34.1 Å². The van der Waals surface area contributed by atoms with Crippen LogP contribution in [0.5, 0.6) is 11.5 Å². The van der Waals surface area contributed by atoms with Gasteiger partial charge in [-0.25, -0.2) is 4.39 Å². The molecule has 0 saturated carbocycles. The van der Waals surface area contributed by atoms with Crippen molar-refractivity contribution in [2.75, 3.05) is 5.32 Å². The molecule has 0 radical (unpaired) electrons. The van der Waals surface area contributed by atoms with E-state index in [2.05, 4.69) is 21.2 Å². The highest BCUT2D eigenvalue weighted by Gasteiger charge is 2.10. The topological polar surface area (TPSA) is 52.5 Å². The van der Waals surface area contributed by atoms with Crippen LogP contribution in [-0.2, 0) is 6.54 Å². The minimum absolute atomic E-state index is 0.190. The number of anilines is 1. The fourth-order valence-corrected chi connectivity index (χ4v) is 2.57. The van der Waals surface area contributed by atoms with Gasteiger partial charge in [-0.2, -0.15) is 0 Å². The van der Waals surface area contributed by atoms with Crippen molar-refractivity contribution in [1.82, 2.24) is 0 Å². The van der Waals surface area contributed by atoms with E-state index >= 15 is 0 Å². The van der Waals surface area contributed by atoms with Crippen LogP contribution in [0.4, 0.5) is 10.1 Å². The van der Waals surface area contributed by atoms with Crippen molar-refractivity contribution < 1.29 is 14.6 Å². The molecule has 0 amide bonds. The summed E-state index contributed by atoms with van der Waals surface area (Å²) in [5.41, 5.74) is 1.03. The standard InChI is InChI=1S/C13H10BrClFNO2/c14-9-4-8(16)5-10(15)12(9)17-6-7-2-1-3-11(18)13(7)19/h1-5,17-19H,6H2. The third-order valence-electron chi connectivity index (χ3n) is 2.56. The van der Waals surface area contributed by atoms with E-state index in [1.165, 1.54) is 18.2 Å². The van der Waals surface area contributed by atoms with Crippen LogP contribution in [0.3, 0.4) is 0 Å². The highest BCUT2D eigenvalue weighted by atomic mass is 79.9. The van der Waals surface area contributed by atoms with Crippen LogP contribution in [0.2, 0.25) is 5.02 Å². The molecule has 2 aromatic carbocycles. The number of benzene rings is 2. The Morgan fingerprint density at radius 2 is 2.00 bits per heavy atom. The Bertz CT molecular complexity index is 599. The van der Waals surface area contributed by atoms with Crippen LogP contribution in [-0.4, -0.2) is 10.2 Å². The van der Waals surface area contributed by atoms with Gasteiger partial charge >= 0.3 is 0 Å². The molecular weight excluding hydrogens is 337 g/mol. The maximum atomic E-state index is 13.1. The number of hydrogen-bond acceptors (Lipinski definition) is 3. The van der Waals surface area contributed by atoms with Crippen molar-refractivity contribution in [3.63, 3.8) is 0 Å². The lowest BCUT2D eigenvalue weighted by Crippen LogP contribution is -2.01. The van der Waals surface area contributed by atoms with Gasteiger partial charge < -0.3 is 15.5 Å². The molecule has 2 aromatic rings. The molecule has 2 rings (SSSR count). The molecule has 19 heavy (non-hydrogen) atoms. The maximum absolute atomic E-state index is 13.1. The smallest absolute Gasteiger partial charge is 0.162 e. The first-order chi connectivity index (χ1) is 8.99. The molecule has 0 unspecified atom stereocenters. The summed E-state index contributed by atoms with van der Waals surface area (Å²) < 4.78 is 13.6. The number of halogens is 3. The SMILES string of the molecule is Oc1cccc(CNc2c(Cl)cc(F)cc2Br)c1O. The van der Waals surface area contributed by atoms with Gasteiger partial charge in [0.15, 0.2) is 11.5 Å². The Morgan fingerprint density at radius 3 is 2.68 bits per heavy atom. The van der Waals surface area contributed by atoms with E-state index in [9.17, 15) is 14.6 Å². The van der Waals surface area contributed by atoms with Gasteiger partial charge in [-0.15, -0.1) is 0 Å². The zero-order chi connectivity index (χ0) is 14.0. The minimum atomic E-state index is -0.442. The molecule has 0 aromatic heterocycles. The molecule has 100 valence electrons. The molecule has 0 atom stereocenters. The van der Waals surface area contributed by atoms with E-state index in [4.69, 9.17) is 11.6 Å². The summed E-state index contributed by atoms with van der Waals surface area (Å²) in [5, 5.41) is 22.2. The molecule has 0 spiro atoms. The van der Waals surface area contributed by atoms with Crippen molar-refractivity contribution in [3.8, 4) is 11.5 Å². The fraction of sp³-hybridized carbons (Fsp3) is 0.0769. The second-order valence-electron chi connectivity index (χ2n) is 3.88. The Morgan fingerprint density at radius 1 is 1.26 bits per heavy atom. The van der Waals surface area contributed by atoms with Gasteiger partial charge in [-0.1, -0.05) is 23.7 Å². The van der Waals surface area contributed by atoms with E-state index in [1.807, 2.05) is 0 Å². The van der Waals surface area contributed by atoms with Crippen LogP contribution < -0.4 is 5.32 Å². The number of rotatable bonds is 3. The van der Waals surface area contributed by atoms with E-state index in [0.717, 1.165) is 0 Å². The largest absolute Gasteiger partial charge is 0.504 e. The lowest BCUT2D eigenvalue weighted by Gasteiger charge is -2.12. The van der Waals surface area contributed by atoms with Gasteiger partial charge in [0, 0.05) is 16.6 Å². The van der Waals surface area contributed by atoms with Gasteiger partial charge in [0.1, 0.15) is 5.82 Å². The average molecular weight is 347 g/mol. The summed E-state index contributed by atoms with van der Waals surface area (Å²) in [4.78, 5) is 0. The lowest BCUT2D eigenvalue weighted by atomic mass is 10.2. The number of aromatic hydroxyl groups is 2. The molecule has 0 bridgehead atoms. The summed E-state index contributed by atoms with van der Waals surface area (Å²) >= 11 is 9.13. The third kappa shape index (κ3) is 3.11. The Balaban J connectivity index is 2.22. The number of hydrogen-bond donors (Lipinski definition) is 3. The van der Waals surface area contributed by atoms with Gasteiger partial charge in [0.25, 0.3) is 0 Å². The Kier molecular flexibility index (Phi) is 4.17. The maximum Gasteiger partial charge on any atom is 0.162 e. The number of para-hydroxylation sites is 1. The fourth-order valence-electron chi connectivity index (χ4n) is 1.62. The molecular formula is C13H10BrClFNO2. The minimum Gasteiger partial charge on any atom is -0.504 e. The molecule has 3 nitrogen and oxygen atoms in total. The van der Waals surface area contributed by atoms with Crippen LogP contribution in [0.25, 0.3) is 0 Å². The monoisotopic (exact) mass is 345 g/mol. The second-order valence-corrected chi connectivity index (χ2v) is 5.14. The van der Waals surface area contributed by atoms with Gasteiger partial charge in [0.05, 0.1) is 10.7 Å². The number of phenols is 2. The lowest BCUT2D eigenvalue weighted by molar-refractivity contribution is 0.400. The van der Waals surface area contributed by atoms with E-state index in [-0.39, 0.29) is 23.1 Å². The normalized spacial score (nSPS) is 10.5. The Hall–Kier alpha value is -1.46. The molecule has 0 saturated heterocycles. The van der Waals surface area contributed by atoms with Crippen molar-refractivity contribution >= 4 is 33.2 Å². The predicted molar refractivity (Wildman–Crippen MR) is 76.2 cm³/mol. The predicted octanol–water partition coefficient (Wildman–Crippen LogP) is 4.26. The molecule has 3 N–H and O–H groups in total. The Labute approximate surface area is 122 Å². The summed E-state index contributed by atoms with van der Waals surface area (Å²) in [6, 6.07) is 7.15. The molecule has 0 aliphatic rings. The zero-order valence-corrected chi connectivity index (χ0v) is 12.0. The van der Waals surface area contributed by atoms with Crippen LogP contribution in [0.1, 0.15) is 5.56 Å². The van der Waals surface area contributed by atoms with Crippen molar-refractivity contribution in [2.24, 2.45) is 0 Å². The van der Waals surface area contributed by atoms with Crippen molar-refractivity contribution in [1.29, 1.82) is 0 Å². The molecule has 6 heteroatoms. The second kappa shape index (κ2) is 5.67. The number of phenolic OH excluding ortho intramolecular Hbond substituents is 2. The quantitative estimate of drug-likeness (QED) is 0.728. The molecule has 0 fully saturated rings. The summed E-state index contributed by atoms with van der Waals surface area (Å²) in [6.07, 6.45) is 0. The summed E-state index contributed by atoms with van der Waals surface area (Å²) in [6.45, 7) is 0.240. The van der Waals surface area contributed by atoms with E-state index in [1.54, 1.807) is 12.1 Å². The summed E-state index contributed by atoms with van der Waals surface area (Å²) in [7, 11) is 0. The molecule has 0 heterocycles. The zero-order valence-electron chi connectivity index (χ0n) is 9.62. The van der Waals surface area contributed by atoms with Crippen molar-refractivity contribution in [3.05, 3.63) is 51.2 Å². The van der Waals surface area contributed by atoms with E-state index in [0.29, 0.717) is 15.7 Å². The van der Waals surface area contributed by atoms with Crippen LogP contribution in [0, 0.1) is 5.82 Å². The first-order valence-corrected chi connectivity index (χ1v) is 6.54. The number of nitrogens with one attached hydrogen (secondary N) is 1.